The van der Waals surface area contributed by atoms with E-state index in [1.54, 1.807) is 27.7 Å². The molecule has 0 unspecified atom stereocenters. The monoisotopic (exact) mass is 328 g/mol. The first-order chi connectivity index (χ1) is 10.1. The molecule has 1 aliphatic heterocycles. The van der Waals surface area contributed by atoms with Crippen LogP contribution in [-0.2, 0) is 9.53 Å². The lowest BCUT2D eigenvalue weighted by molar-refractivity contribution is -0.138. The number of carboxylic acids is 1. The summed E-state index contributed by atoms with van der Waals surface area (Å²) in [5, 5.41) is 16.3. The van der Waals surface area contributed by atoms with Gasteiger partial charge in [0.1, 0.15) is 11.4 Å². The highest BCUT2D eigenvalue weighted by Crippen LogP contribution is 2.42. The van der Waals surface area contributed by atoms with Gasteiger partial charge in [0.05, 0.1) is 11.2 Å². The first kappa shape index (κ1) is 16.6. The highest BCUT2D eigenvalue weighted by Gasteiger charge is 2.49. The number of H-pyrrole nitrogens is 1. The molecule has 9 heteroatoms. The predicted molar refractivity (Wildman–Crippen MR) is 79.8 cm³/mol. The van der Waals surface area contributed by atoms with Crippen LogP contribution in [0.3, 0.4) is 0 Å². The fourth-order valence-corrected chi connectivity index (χ4v) is 3.45. The molecule has 1 fully saturated rings. The van der Waals surface area contributed by atoms with Crippen molar-refractivity contribution in [2.24, 2.45) is 0 Å². The highest BCUT2D eigenvalue weighted by molar-refractivity contribution is 8.00. The van der Waals surface area contributed by atoms with Gasteiger partial charge in [-0.3, -0.25) is 9.89 Å². The second kappa shape index (κ2) is 5.79. The number of ether oxygens (including phenoxy) is 1. The maximum absolute atomic E-state index is 12.0. The summed E-state index contributed by atoms with van der Waals surface area (Å²) in [6.45, 7) is 7.74. The number of rotatable bonds is 4. The van der Waals surface area contributed by atoms with E-state index in [-0.39, 0.29) is 6.42 Å². The van der Waals surface area contributed by atoms with Crippen LogP contribution < -0.4 is 0 Å². The summed E-state index contributed by atoms with van der Waals surface area (Å²) in [6, 6.07) is 0. The summed E-state index contributed by atoms with van der Waals surface area (Å²) in [5.74, 6) is -0.250. The van der Waals surface area contributed by atoms with Gasteiger partial charge in [0.15, 0.2) is 0 Å². The molecule has 122 valence electrons. The normalized spacial score (nSPS) is 17.0. The van der Waals surface area contributed by atoms with Gasteiger partial charge in [0.2, 0.25) is 5.16 Å². The van der Waals surface area contributed by atoms with E-state index in [9.17, 15) is 9.59 Å². The molecule has 1 aliphatic rings. The number of aliphatic carboxylic acids is 1. The molecule has 0 bridgehead atoms. The molecule has 0 aliphatic carbocycles. The molecule has 1 saturated heterocycles. The van der Waals surface area contributed by atoms with Crippen molar-refractivity contribution in [1.82, 2.24) is 20.1 Å². The minimum absolute atomic E-state index is 0.0649. The molecule has 2 N–H and O–H groups in total. The van der Waals surface area contributed by atoms with Crippen LogP contribution in [0.1, 0.15) is 33.0 Å². The third-order valence-electron chi connectivity index (χ3n) is 2.97. The zero-order chi connectivity index (χ0) is 16.5. The number of amides is 1. The number of nitrogens with one attached hydrogen (secondary N) is 1. The number of nitrogens with zero attached hydrogens (tertiary/aromatic N) is 3. The number of hydrogen-bond donors (Lipinski definition) is 2. The number of aryl methyl sites for hydroxylation is 1. The Morgan fingerprint density at radius 2 is 2.09 bits per heavy atom. The third-order valence-corrected chi connectivity index (χ3v) is 4.17. The summed E-state index contributed by atoms with van der Waals surface area (Å²) in [7, 11) is 0. The lowest BCUT2D eigenvalue weighted by atomic mass is 9.95. The van der Waals surface area contributed by atoms with E-state index in [4.69, 9.17) is 9.84 Å². The second-order valence-electron chi connectivity index (χ2n) is 6.40. The van der Waals surface area contributed by atoms with Gasteiger partial charge < -0.3 is 14.7 Å². The Kier molecular flexibility index (Phi) is 4.37. The number of aromatic amines is 1. The van der Waals surface area contributed by atoms with Gasteiger partial charge >= 0.3 is 12.1 Å². The summed E-state index contributed by atoms with van der Waals surface area (Å²) in [6.07, 6.45) is -0.495. The Bertz CT molecular complexity index is 575. The largest absolute Gasteiger partial charge is 0.481 e. The van der Waals surface area contributed by atoms with Gasteiger partial charge in [0, 0.05) is 13.1 Å². The Labute approximate surface area is 132 Å². The lowest BCUT2D eigenvalue weighted by Crippen LogP contribution is -2.62. The number of aromatic nitrogens is 3. The molecule has 1 aromatic rings. The number of hydrogen-bond acceptors (Lipinski definition) is 6. The number of carboxylic acid groups (broad SMARTS) is 1. The van der Waals surface area contributed by atoms with Gasteiger partial charge in [-0.2, -0.15) is 0 Å². The van der Waals surface area contributed by atoms with Crippen LogP contribution in [-0.4, -0.2) is 60.7 Å². The van der Waals surface area contributed by atoms with Gasteiger partial charge in [-0.15, -0.1) is 5.10 Å². The fourth-order valence-electron chi connectivity index (χ4n) is 2.15. The van der Waals surface area contributed by atoms with Crippen molar-refractivity contribution in [2.45, 2.75) is 49.6 Å². The molecule has 0 saturated carbocycles. The quantitative estimate of drug-likeness (QED) is 0.865. The van der Waals surface area contributed by atoms with Gasteiger partial charge in [-0.1, -0.05) is 11.8 Å². The molecule has 0 radical (unpaired) electrons. The third kappa shape index (κ3) is 4.12. The number of carbonyl (C=O) groups is 2. The molecule has 8 nitrogen and oxygen atoms in total. The lowest BCUT2D eigenvalue weighted by Gasteiger charge is -2.48. The predicted octanol–water partition coefficient (Wildman–Crippen LogP) is 1.67. The van der Waals surface area contributed by atoms with Gasteiger partial charge in [0.25, 0.3) is 0 Å². The van der Waals surface area contributed by atoms with Crippen molar-refractivity contribution < 1.29 is 19.4 Å². The van der Waals surface area contributed by atoms with E-state index < -0.39 is 22.4 Å². The van der Waals surface area contributed by atoms with Crippen molar-refractivity contribution in [1.29, 1.82) is 0 Å². The standard InChI is InChI=1S/C13H20N4O4S/c1-8-14-10(16-15-8)22-13(5-9(18)19)6-17(7-13)11(20)21-12(2,3)4/h5-7H2,1-4H3,(H,18,19)(H,14,15,16). The Hall–Kier alpha value is -1.77. The molecular formula is C13H20N4O4S. The topological polar surface area (TPSA) is 108 Å². The maximum atomic E-state index is 12.0. The Balaban J connectivity index is 2.02. The van der Waals surface area contributed by atoms with Crippen molar-refractivity contribution in [2.75, 3.05) is 13.1 Å². The summed E-state index contributed by atoms with van der Waals surface area (Å²) >= 11 is 1.28. The van der Waals surface area contributed by atoms with Crippen molar-refractivity contribution in [3.8, 4) is 0 Å². The van der Waals surface area contributed by atoms with E-state index >= 15 is 0 Å². The van der Waals surface area contributed by atoms with Crippen LogP contribution >= 0.6 is 11.8 Å². The van der Waals surface area contributed by atoms with E-state index in [1.165, 1.54) is 16.7 Å². The van der Waals surface area contributed by atoms with E-state index in [2.05, 4.69) is 15.2 Å². The summed E-state index contributed by atoms with van der Waals surface area (Å²) < 4.78 is 4.67. The molecule has 1 aromatic heterocycles. The average molecular weight is 328 g/mol. The molecule has 0 atom stereocenters. The Morgan fingerprint density at radius 3 is 2.55 bits per heavy atom. The van der Waals surface area contributed by atoms with Gasteiger partial charge in [-0.05, 0) is 27.7 Å². The number of thioether (sulfide) groups is 1. The minimum Gasteiger partial charge on any atom is -0.481 e. The van der Waals surface area contributed by atoms with Crippen molar-refractivity contribution in [3.63, 3.8) is 0 Å². The van der Waals surface area contributed by atoms with E-state index in [0.717, 1.165) is 0 Å². The number of likely N-dealkylation sites (tertiary alicyclic amines) is 1. The van der Waals surface area contributed by atoms with Crippen LogP contribution in [0.15, 0.2) is 5.16 Å². The minimum atomic E-state index is -0.913. The first-order valence-electron chi connectivity index (χ1n) is 6.86. The summed E-state index contributed by atoms with van der Waals surface area (Å²) in [4.78, 5) is 28.8. The molecule has 0 spiro atoms. The second-order valence-corrected chi connectivity index (χ2v) is 7.83. The van der Waals surface area contributed by atoms with Crippen LogP contribution in [0.2, 0.25) is 0 Å². The van der Waals surface area contributed by atoms with Gasteiger partial charge in [-0.25, -0.2) is 9.78 Å². The number of carbonyl (C=O) groups excluding carboxylic acids is 1. The highest BCUT2D eigenvalue weighted by atomic mass is 32.2. The fraction of sp³-hybridized carbons (Fsp3) is 0.692. The van der Waals surface area contributed by atoms with Crippen LogP contribution in [0.4, 0.5) is 4.79 Å². The van der Waals surface area contributed by atoms with Crippen molar-refractivity contribution >= 4 is 23.8 Å². The Morgan fingerprint density at radius 1 is 1.45 bits per heavy atom. The zero-order valence-corrected chi connectivity index (χ0v) is 13.9. The molecular weight excluding hydrogens is 308 g/mol. The van der Waals surface area contributed by atoms with E-state index in [0.29, 0.717) is 24.1 Å². The SMILES string of the molecule is Cc1nc(SC2(CC(=O)O)CN(C(=O)OC(C)(C)C)C2)n[nH]1. The average Bonchev–Trinajstić information content (AvgIpc) is 2.67. The molecule has 2 rings (SSSR count). The molecule has 1 amide bonds. The first-order valence-corrected chi connectivity index (χ1v) is 7.68. The van der Waals surface area contributed by atoms with Crippen LogP contribution in [0, 0.1) is 6.92 Å². The molecule has 0 aromatic carbocycles. The zero-order valence-electron chi connectivity index (χ0n) is 13.0. The van der Waals surface area contributed by atoms with E-state index in [1.807, 2.05) is 0 Å². The van der Waals surface area contributed by atoms with Crippen molar-refractivity contribution in [3.05, 3.63) is 5.82 Å². The summed E-state index contributed by atoms with van der Waals surface area (Å²) in [5.41, 5.74) is -0.573. The smallest absolute Gasteiger partial charge is 0.410 e. The molecule has 2 heterocycles. The van der Waals surface area contributed by atoms with Crippen LogP contribution in [0.5, 0.6) is 0 Å². The maximum Gasteiger partial charge on any atom is 0.410 e. The van der Waals surface area contributed by atoms with Crippen LogP contribution in [0.25, 0.3) is 0 Å². The molecule has 22 heavy (non-hydrogen) atoms.